The number of unbranched alkanes of at least 4 members (excludes halogenated alkanes) is 1. The lowest BCUT2D eigenvalue weighted by molar-refractivity contribution is 0.616. The van der Waals surface area contributed by atoms with Crippen molar-refractivity contribution in [2.45, 2.75) is 32.1 Å². The van der Waals surface area contributed by atoms with Gasteiger partial charge in [-0.3, -0.25) is 4.79 Å². The molecule has 0 bridgehead atoms. The molecule has 0 aliphatic heterocycles. The Kier molecular flexibility index (Phi) is 4.86. The van der Waals surface area contributed by atoms with Crippen LogP contribution in [0.15, 0.2) is 47.3 Å². The third-order valence-corrected chi connectivity index (χ3v) is 3.57. The van der Waals surface area contributed by atoms with E-state index >= 15 is 0 Å². The van der Waals surface area contributed by atoms with E-state index in [4.69, 9.17) is 0 Å². The second-order valence-electron chi connectivity index (χ2n) is 4.58. The molecule has 100 valence electrons. The molecule has 1 heterocycles. The average molecular weight is 273 g/mol. The minimum absolute atomic E-state index is 0.0878. The monoisotopic (exact) mass is 273 g/mol. The van der Waals surface area contributed by atoms with Crippen molar-refractivity contribution in [2.75, 3.05) is 0 Å². The normalized spacial score (nSPS) is 10.6. The van der Waals surface area contributed by atoms with Crippen molar-refractivity contribution in [3.63, 3.8) is 0 Å². The number of rotatable bonds is 5. The molecular weight excluding hydrogens is 254 g/mol. The smallest absolute Gasteiger partial charge is 0.255 e. The maximum atomic E-state index is 12.4. The summed E-state index contributed by atoms with van der Waals surface area (Å²) in [7, 11) is 0. The Morgan fingerprint density at radius 1 is 1.11 bits per heavy atom. The van der Waals surface area contributed by atoms with Crippen LogP contribution >= 0.6 is 12.6 Å². The van der Waals surface area contributed by atoms with E-state index < -0.39 is 0 Å². The molecule has 0 unspecified atom stereocenters. The number of thiol groups is 1. The van der Waals surface area contributed by atoms with Gasteiger partial charge in [-0.15, -0.1) is 0 Å². The van der Waals surface area contributed by atoms with Crippen LogP contribution in [0.5, 0.6) is 0 Å². The molecule has 2 nitrogen and oxygen atoms in total. The molecule has 0 saturated carbocycles. The Hall–Kier alpha value is -1.48. The lowest BCUT2D eigenvalue weighted by Gasteiger charge is -2.14. The first-order valence-electron chi connectivity index (χ1n) is 6.67. The summed E-state index contributed by atoms with van der Waals surface area (Å²) in [6.07, 6.45) is 2.08. The highest BCUT2D eigenvalue weighted by Crippen LogP contribution is 2.18. The van der Waals surface area contributed by atoms with Gasteiger partial charge in [-0.25, -0.2) is 0 Å². The number of pyridine rings is 1. The van der Waals surface area contributed by atoms with Crippen LogP contribution in [0.3, 0.4) is 0 Å². The van der Waals surface area contributed by atoms with Crippen LogP contribution in [-0.2, 0) is 12.3 Å². The summed E-state index contributed by atoms with van der Waals surface area (Å²) in [5.41, 5.74) is 2.93. The van der Waals surface area contributed by atoms with Crippen LogP contribution in [0.2, 0.25) is 0 Å². The maximum Gasteiger partial charge on any atom is 0.255 e. The highest BCUT2D eigenvalue weighted by Gasteiger charge is 2.09. The standard InChI is InChI=1S/C16H19NOS/c1-2-3-11-17-15(13-7-5-4-6-8-13)10-9-14(12-19)16(17)18/h4-10,19H,2-3,11-12H2,1H3. The topological polar surface area (TPSA) is 22.0 Å². The van der Waals surface area contributed by atoms with E-state index in [9.17, 15) is 4.79 Å². The first-order chi connectivity index (χ1) is 9.27. The summed E-state index contributed by atoms with van der Waals surface area (Å²) in [4.78, 5) is 12.4. The van der Waals surface area contributed by atoms with Crippen LogP contribution in [0, 0.1) is 0 Å². The molecule has 0 spiro atoms. The molecule has 3 heteroatoms. The molecule has 1 aromatic heterocycles. The Bertz CT molecular complexity index is 589. The van der Waals surface area contributed by atoms with Gasteiger partial charge in [-0.1, -0.05) is 49.7 Å². The zero-order chi connectivity index (χ0) is 13.7. The van der Waals surface area contributed by atoms with Gasteiger partial charge in [0, 0.05) is 17.9 Å². The summed E-state index contributed by atoms with van der Waals surface area (Å²) in [6, 6.07) is 14.0. The maximum absolute atomic E-state index is 12.4. The van der Waals surface area contributed by atoms with Crippen molar-refractivity contribution in [1.29, 1.82) is 0 Å². The summed E-state index contributed by atoms with van der Waals surface area (Å²) >= 11 is 4.23. The van der Waals surface area contributed by atoms with E-state index in [0.29, 0.717) is 5.75 Å². The number of aromatic nitrogens is 1. The minimum atomic E-state index is 0.0878. The zero-order valence-corrected chi connectivity index (χ0v) is 12.1. The van der Waals surface area contributed by atoms with Gasteiger partial charge in [0.2, 0.25) is 0 Å². The molecule has 1 aromatic carbocycles. The van der Waals surface area contributed by atoms with Crippen molar-refractivity contribution in [2.24, 2.45) is 0 Å². The predicted molar refractivity (Wildman–Crippen MR) is 83.7 cm³/mol. The number of nitrogens with zero attached hydrogens (tertiary/aromatic N) is 1. The van der Waals surface area contributed by atoms with E-state index in [0.717, 1.165) is 36.2 Å². The summed E-state index contributed by atoms with van der Waals surface area (Å²) in [5, 5.41) is 0. The first kappa shape index (κ1) is 13.9. The molecule has 0 N–H and O–H groups in total. The molecule has 0 fully saturated rings. The summed E-state index contributed by atoms with van der Waals surface area (Å²) in [5.74, 6) is 0.486. The van der Waals surface area contributed by atoms with Gasteiger partial charge < -0.3 is 4.57 Å². The van der Waals surface area contributed by atoms with E-state index in [1.807, 2.05) is 47.0 Å². The zero-order valence-electron chi connectivity index (χ0n) is 11.2. The minimum Gasteiger partial charge on any atom is -0.308 e. The van der Waals surface area contributed by atoms with Crippen molar-refractivity contribution in [3.05, 3.63) is 58.4 Å². The van der Waals surface area contributed by atoms with Crippen LogP contribution in [0.1, 0.15) is 25.3 Å². The first-order valence-corrected chi connectivity index (χ1v) is 7.30. The third-order valence-electron chi connectivity index (χ3n) is 3.23. The van der Waals surface area contributed by atoms with Crippen LogP contribution in [-0.4, -0.2) is 4.57 Å². The third kappa shape index (κ3) is 3.10. The fraction of sp³-hybridized carbons (Fsp3) is 0.312. The molecule has 2 aromatic rings. The van der Waals surface area contributed by atoms with Crippen LogP contribution in [0.4, 0.5) is 0 Å². The lowest BCUT2D eigenvalue weighted by atomic mass is 10.1. The molecule has 0 aliphatic rings. The number of hydrogen-bond donors (Lipinski definition) is 1. The lowest BCUT2D eigenvalue weighted by Crippen LogP contribution is -2.24. The highest BCUT2D eigenvalue weighted by molar-refractivity contribution is 7.79. The van der Waals surface area contributed by atoms with E-state index in [1.54, 1.807) is 0 Å². The van der Waals surface area contributed by atoms with Gasteiger partial charge in [-0.2, -0.15) is 12.6 Å². The van der Waals surface area contributed by atoms with Gasteiger partial charge in [0.05, 0.1) is 5.69 Å². The number of hydrogen-bond acceptors (Lipinski definition) is 2. The van der Waals surface area contributed by atoms with Crippen molar-refractivity contribution < 1.29 is 0 Å². The van der Waals surface area contributed by atoms with E-state index in [2.05, 4.69) is 19.6 Å². The largest absolute Gasteiger partial charge is 0.308 e. The van der Waals surface area contributed by atoms with E-state index in [1.165, 1.54) is 0 Å². The van der Waals surface area contributed by atoms with Crippen molar-refractivity contribution in [1.82, 2.24) is 4.57 Å². The second kappa shape index (κ2) is 6.62. The van der Waals surface area contributed by atoms with Gasteiger partial charge in [-0.05, 0) is 18.1 Å². The van der Waals surface area contributed by atoms with Crippen molar-refractivity contribution in [3.8, 4) is 11.3 Å². The van der Waals surface area contributed by atoms with Gasteiger partial charge in [0.1, 0.15) is 0 Å². The highest BCUT2D eigenvalue weighted by atomic mass is 32.1. The van der Waals surface area contributed by atoms with Gasteiger partial charge in [0.25, 0.3) is 5.56 Å². The molecule has 0 radical (unpaired) electrons. The average Bonchev–Trinajstić information content (AvgIpc) is 2.46. The Morgan fingerprint density at radius 2 is 1.84 bits per heavy atom. The number of benzene rings is 1. The van der Waals surface area contributed by atoms with Crippen LogP contribution in [0.25, 0.3) is 11.3 Å². The quantitative estimate of drug-likeness (QED) is 0.824. The molecule has 19 heavy (non-hydrogen) atoms. The van der Waals surface area contributed by atoms with E-state index in [-0.39, 0.29) is 5.56 Å². The fourth-order valence-corrected chi connectivity index (χ4v) is 2.38. The molecular formula is C16H19NOS. The predicted octanol–water partition coefficient (Wildman–Crippen LogP) is 3.75. The molecule has 0 amide bonds. The molecule has 0 atom stereocenters. The fourth-order valence-electron chi connectivity index (χ4n) is 2.14. The molecule has 0 saturated heterocycles. The Balaban J connectivity index is 2.54. The van der Waals surface area contributed by atoms with Crippen LogP contribution < -0.4 is 5.56 Å². The van der Waals surface area contributed by atoms with Gasteiger partial charge in [0.15, 0.2) is 0 Å². The SMILES string of the molecule is CCCCn1c(-c2ccccc2)ccc(CS)c1=O. The molecule has 2 rings (SSSR count). The summed E-state index contributed by atoms with van der Waals surface area (Å²) < 4.78 is 1.88. The second-order valence-corrected chi connectivity index (χ2v) is 4.89. The summed E-state index contributed by atoms with van der Waals surface area (Å²) in [6.45, 7) is 2.90. The molecule has 0 aliphatic carbocycles. The van der Waals surface area contributed by atoms with Crippen molar-refractivity contribution >= 4 is 12.6 Å². The Morgan fingerprint density at radius 3 is 2.47 bits per heavy atom. The van der Waals surface area contributed by atoms with Gasteiger partial charge >= 0.3 is 0 Å². The Labute approximate surface area is 119 Å².